The summed E-state index contributed by atoms with van der Waals surface area (Å²) in [5.74, 6) is -0.367. The minimum atomic E-state index is -0.699. The lowest BCUT2D eigenvalue weighted by atomic mass is 10.0. The van der Waals surface area contributed by atoms with Crippen molar-refractivity contribution in [2.75, 3.05) is 0 Å². The van der Waals surface area contributed by atoms with Crippen molar-refractivity contribution < 1.29 is 14.3 Å². The van der Waals surface area contributed by atoms with Crippen molar-refractivity contribution in [2.45, 2.75) is 59.2 Å². The number of amides is 2. The van der Waals surface area contributed by atoms with E-state index in [9.17, 15) is 9.59 Å². The van der Waals surface area contributed by atoms with Gasteiger partial charge in [-0.15, -0.1) is 11.3 Å². The fourth-order valence-electron chi connectivity index (χ4n) is 2.47. The van der Waals surface area contributed by atoms with Gasteiger partial charge in [-0.25, -0.2) is 9.78 Å². The minimum Gasteiger partial charge on any atom is -0.444 e. The van der Waals surface area contributed by atoms with E-state index in [2.05, 4.69) is 20.6 Å². The van der Waals surface area contributed by atoms with Gasteiger partial charge in [-0.1, -0.05) is 13.8 Å². The molecule has 0 aliphatic heterocycles. The van der Waals surface area contributed by atoms with Crippen LogP contribution < -0.4 is 10.6 Å². The molecule has 2 aromatic heterocycles. The van der Waals surface area contributed by atoms with Crippen LogP contribution in [0.1, 0.15) is 52.6 Å². The lowest BCUT2D eigenvalue weighted by Crippen LogP contribution is -2.51. The van der Waals surface area contributed by atoms with E-state index in [0.29, 0.717) is 0 Å². The van der Waals surface area contributed by atoms with Crippen molar-refractivity contribution in [1.29, 1.82) is 0 Å². The highest BCUT2D eigenvalue weighted by Crippen LogP contribution is 2.25. The highest BCUT2D eigenvalue weighted by atomic mass is 32.1. The van der Waals surface area contributed by atoms with Gasteiger partial charge in [0.1, 0.15) is 16.7 Å². The van der Waals surface area contributed by atoms with Crippen LogP contribution in [0, 0.1) is 5.92 Å². The Labute approximate surface area is 169 Å². The minimum absolute atomic E-state index is 0.0954. The standard InChI is InChI=1S/C20H28N4O3S/c1-12(2)16(24-19(26)27-20(4,5)6)17(25)22-13(3)18-23-15(11-28-18)14-8-7-9-21-10-14/h7-13,16H,1-6H3,(H,22,25)(H,24,26). The van der Waals surface area contributed by atoms with E-state index in [1.807, 2.05) is 38.3 Å². The lowest BCUT2D eigenvalue weighted by Gasteiger charge is -2.26. The van der Waals surface area contributed by atoms with E-state index in [1.54, 1.807) is 33.2 Å². The Kier molecular flexibility index (Phi) is 7.12. The van der Waals surface area contributed by atoms with Crippen molar-refractivity contribution in [1.82, 2.24) is 20.6 Å². The van der Waals surface area contributed by atoms with Gasteiger partial charge < -0.3 is 15.4 Å². The molecule has 28 heavy (non-hydrogen) atoms. The molecule has 152 valence electrons. The van der Waals surface area contributed by atoms with Gasteiger partial charge in [-0.05, 0) is 45.7 Å². The molecule has 7 nitrogen and oxygen atoms in total. The summed E-state index contributed by atoms with van der Waals surface area (Å²) in [7, 11) is 0. The molecule has 0 saturated carbocycles. The fraction of sp³-hybridized carbons (Fsp3) is 0.500. The van der Waals surface area contributed by atoms with E-state index in [-0.39, 0.29) is 17.9 Å². The topological polar surface area (TPSA) is 93.2 Å². The van der Waals surface area contributed by atoms with Crippen LogP contribution in [0.15, 0.2) is 29.9 Å². The van der Waals surface area contributed by atoms with Crippen LogP contribution in [-0.4, -0.2) is 33.6 Å². The number of ether oxygens (including phenoxy) is 1. The molecule has 8 heteroatoms. The maximum Gasteiger partial charge on any atom is 0.408 e. The predicted octanol–water partition coefficient (Wildman–Crippen LogP) is 3.93. The molecule has 2 aromatic rings. The molecule has 2 amide bonds. The number of hydrogen-bond acceptors (Lipinski definition) is 6. The molecular formula is C20H28N4O3S. The third-order valence-electron chi connectivity index (χ3n) is 3.83. The summed E-state index contributed by atoms with van der Waals surface area (Å²) >= 11 is 1.47. The molecule has 0 aromatic carbocycles. The van der Waals surface area contributed by atoms with E-state index in [4.69, 9.17) is 4.74 Å². The molecule has 0 aliphatic rings. The zero-order valence-corrected chi connectivity index (χ0v) is 18.0. The Morgan fingerprint density at radius 2 is 1.89 bits per heavy atom. The summed E-state index contributed by atoms with van der Waals surface area (Å²) in [4.78, 5) is 33.5. The van der Waals surface area contributed by atoms with Crippen LogP contribution in [-0.2, 0) is 9.53 Å². The highest BCUT2D eigenvalue weighted by molar-refractivity contribution is 7.10. The highest BCUT2D eigenvalue weighted by Gasteiger charge is 2.28. The van der Waals surface area contributed by atoms with E-state index >= 15 is 0 Å². The van der Waals surface area contributed by atoms with Crippen molar-refractivity contribution in [3.05, 3.63) is 34.9 Å². The summed E-state index contributed by atoms with van der Waals surface area (Å²) in [6.07, 6.45) is 2.85. The quantitative estimate of drug-likeness (QED) is 0.761. The van der Waals surface area contributed by atoms with Crippen LogP contribution >= 0.6 is 11.3 Å². The zero-order chi connectivity index (χ0) is 20.9. The first-order chi connectivity index (χ1) is 13.1. The Bertz CT molecular complexity index is 799. The molecule has 2 unspecified atom stereocenters. The summed E-state index contributed by atoms with van der Waals surface area (Å²) in [6.45, 7) is 10.9. The van der Waals surface area contributed by atoms with Crippen LogP contribution in [0.25, 0.3) is 11.3 Å². The van der Waals surface area contributed by atoms with E-state index in [0.717, 1.165) is 16.3 Å². The van der Waals surface area contributed by atoms with Gasteiger partial charge in [-0.2, -0.15) is 0 Å². The zero-order valence-electron chi connectivity index (χ0n) is 17.1. The van der Waals surface area contributed by atoms with Crippen LogP contribution in [0.4, 0.5) is 4.79 Å². The number of aromatic nitrogens is 2. The molecule has 0 aliphatic carbocycles. The normalized spacial score (nSPS) is 13.7. The molecule has 2 atom stereocenters. The number of carbonyl (C=O) groups is 2. The van der Waals surface area contributed by atoms with Gasteiger partial charge in [0, 0.05) is 23.3 Å². The number of carbonyl (C=O) groups excluding carboxylic acids is 2. The molecule has 0 spiro atoms. The predicted molar refractivity (Wildman–Crippen MR) is 110 cm³/mol. The molecule has 0 radical (unpaired) electrons. The Balaban J connectivity index is 2.03. The lowest BCUT2D eigenvalue weighted by molar-refractivity contribution is -0.124. The van der Waals surface area contributed by atoms with Gasteiger partial charge in [0.15, 0.2) is 0 Å². The van der Waals surface area contributed by atoms with Crippen LogP contribution in [0.5, 0.6) is 0 Å². The maximum absolute atomic E-state index is 12.7. The molecule has 0 saturated heterocycles. The van der Waals surface area contributed by atoms with Gasteiger partial charge >= 0.3 is 6.09 Å². The smallest absolute Gasteiger partial charge is 0.408 e. The monoisotopic (exact) mass is 404 g/mol. The second-order valence-corrected chi connectivity index (χ2v) is 8.80. The summed E-state index contributed by atoms with van der Waals surface area (Å²) in [5.41, 5.74) is 1.12. The molecule has 0 fully saturated rings. The molecular weight excluding hydrogens is 376 g/mol. The number of pyridine rings is 1. The van der Waals surface area contributed by atoms with Crippen molar-refractivity contribution in [3.63, 3.8) is 0 Å². The van der Waals surface area contributed by atoms with Gasteiger partial charge in [0.05, 0.1) is 11.7 Å². The third kappa shape index (κ3) is 6.30. The van der Waals surface area contributed by atoms with Crippen molar-refractivity contribution >= 4 is 23.3 Å². The second-order valence-electron chi connectivity index (χ2n) is 7.91. The van der Waals surface area contributed by atoms with Gasteiger partial charge in [0.25, 0.3) is 0 Å². The van der Waals surface area contributed by atoms with Crippen LogP contribution in [0.3, 0.4) is 0 Å². The SMILES string of the molecule is CC(NC(=O)C(NC(=O)OC(C)(C)C)C(C)C)c1nc(-c2cccnc2)cs1. The molecule has 2 heterocycles. The number of alkyl carbamates (subject to hydrolysis) is 1. The number of nitrogens with one attached hydrogen (secondary N) is 2. The molecule has 0 bridgehead atoms. The average Bonchev–Trinajstić information content (AvgIpc) is 3.09. The number of thiazole rings is 1. The number of hydrogen-bond donors (Lipinski definition) is 2. The third-order valence-corrected chi connectivity index (χ3v) is 4.86. The first kappa shape index (κ1) is 21.8. The second kappa shape index (κ2) is 9.14. The van der Waals surface area contributed by atoms with E-state index in [1.165, 1.54) is 11.3 Å². The Morgan fingerprint density at radius 1 is 1.18 bits per heavy atom. The summed E-state index contributed by atoms with van der Waals surface area (Å²) < 4.78 is 5.26. The molecule has 2 rings (SSSR count). The van der Waals surface area contributed by atoms with Crippen molar-refractivity contribution in [3.8, 4) is 11.3 Å². The van der Waals surface area contributed by atoms with Crippen LogP contribution in [0.2, 0.25) is 0 Å². The summed E-state index contributed by atoms with van der Waals surface area (Å²) in [6, 6.07) is 2.81. The number of rotatable bonds is 6. The first-order valence-corrected chi connectivity index (χ1v) is 10.1. The van der Waals surface area contributed by atoms with Gasteiger partial charge in [-0.3, -0.25) is 9.78 Å². The Morgan fingerprint density at radius 3 is 2.46 bits per heavy atom. The molecule has 2 N–H and O–H groups in total. The fourth-order valence-corrected chi connectivity index (χ4v) is 3.30. The Hall–Kier alpha value is -2.48. The average molecular weight is 405 g/mol. The number of nitrogens with zero attached hydrogens (tertiary/aromatic N) is 2. The summed E-state index contributed by atoms with van der Waals surface area (Å²) in [5, 5.41) is 8.32. The van der Waals surface area contributed by atoms with E-state index < -0.39 is 17.7 Å². The van der Waals surface area contributed by atoms with Gasteiger partial charge in [0.2, 0.25) is 5.91 Å². The van der Waals surface area contributed by atoms with Crippen molar-refractivity contribution in [2.24, 2.45) is 5.92 Å². The maximum atomic E-state index is 12.7. The first-order valence-electron chi connectivity index (χ1n) is 9.22. The largest absolute Gasteiger partial charge is 0.444 e.